The third kappa shape index (κ3) is 4.51. The second kappa shape index (κ2) is 5.36. The van der Waals surface area contributed by atoms with Gasteiger partial charge < -0.3 is 21.5 Å². The third-order valence-corrected chi connectivity index (χ3v) is 1.33. The van der Waals surface area contributed by atoms with E-state index in [1.165, 1.54) is 0 Å². The zero-order valence-corrected chi connectivity index (χ0v) is 6.49. The lowest BCUT2D eigenvalue weighted by Gasteiger charge is -2.02. The van der Waals surface area contributed by atoms with Crippen molar-refractivity contribution in [3.63, 3.8) is 0 Å². The van der Waals surface area contributed by atoms with Crippen molar-refractivity contribution >= 4 is 11.8 Å². The van der Waals surface area contributed by atoms with E-state index in [4.69, 9.17) is 16.4 Å². The van der Waals surface area contributed by atoms with Gasteiger partial charge in [-0.3, -0.25) is 9.59 Å². The summed E-state index contributed by atoms with van der Waals surface area (Å²) in [6.45, 7) is -0.174. The van der Waals surface area contributed by atoms with Gasteiger partial charge in [0, 0.05) is 6.42 Å². The van der Waals surface area contributed by atoms with Crippen LogP contribution in [0.4, 0.5) is 0 Å². The van der Waals surface area contributed by atoms with E-state index in [9.17, 15) is 9.59 Å². The number of rotatable bonds is 6. The molecule has 4 N–H and O–H groups in total. The molecule has 0 aliphatic rings. The van der Waals surface area contributed by atoms with Crippen molar-refractivity contribution in [1.29, 1.82) is 0 Å². The maximum absolute atomic E-state index is 10.7. The van der Waals surface area contributed by atoms with E-state index < -0.39 is 12.0 Å². The molecule has 0 rings (SSSR count). The Balaban J connectivity index is 3.60. The Hall–Kier alpha value is -1.30. The predicted molar refractivity (Wildman–Crippen MR) is 39.0 cm³/mol. The fourth-order valence-corrected chi connectivity index (χ4v) is 0.617. The molecule has 0 aliphatic heterocycles. The van der Waals surface area contributed by atoms with Crippen LogP contribution in [0.1, 0.15) is 12.8 Å². The summed E-state index contributed by atoms with van der Waals surface area (Å²) in [5, 5.41) is 10.0. The van der Waals surface area contributed by atoms with Crippen LogP contribution in [-0.2, 0) is 9.59 Å². The molecule has 12 heavy (non-hydrogen) atoms. The van der Waals surface area contributed by atoms with Crippen LogP contribution in [0.15, 0.2) is 0 Å². The summed E-state index contributed by atoms with van der Waals surface area (Å²) >= 11 is 0. The van der Waals surface area contributed by atoms with Crippen LogP contribution >= 0.6 is 0 Å². The molecule has 0 unspecified atom stereocenters. The Labute approximate surface area is 69.3 Å². The summed E-state index contributed by atoms with van der Waals surface area (Å²) in [5.74, 6) is -1.39. The molecule has 0 bridgehead atoms. The minimum absolute atomic E-state index is 0.0566. The fourth-order valence-electron chi connectivity index (χ4n) is 0.617. The zero-order valence-electron chi connectivity index (χ0n) is 6.49. The molecule has 68 valence electrons. The fraction of sp³-hybridized carbons (Fsp3) is 0.667. The Bertz CT molecular complexity index is 192. The van der Waals surface area contributed by atoms with Gasteiger partial charge in [-0.05, 0) is 6.42 Å². The average Bonchev–Trinajstić information content (AvgIpc) is 2.00. The number of nitrogens with one attached hydrogen (secondary N) is 1. The molecule has 0 aromatic heterocycles. The van der Waals surface area contributed by atoms with Crippen LogP contribution in [0.5, 0.6) is 0 Å². The van der Waals surface area contributed by atoms with Crippen molar-refractivity contribution in [2.24, 2.45) is 5.73 Å². The quantitative estimate of drug-likeness (QED) is 0.397. The Kier molecular flexibility index (Phi) is 4.78. The SMILES string of the molecule is [N-]=[NH+]CC(=O)CC[C@@H](N)C(=O)O. The van der Waals surface area contributed by atoms with E-state index in [2.05, 4.69) is 0 Å². The van der Waals surface area contributed by atoms with Gasteiger partial charge in [-0.25, -0.2) is 0 Å². The summed E-state index contributed by atoms with van der Waals surface area (Å²) in [4.78, 5) is 20.9. The highest BCUT2D eigenvalue weighted by Gasteiger charge is 2.13. The van der Waals surface area contributed by atoms with Gasteiger partial charge in [0.05, 0.1) is 0 Å². The van der Waals surface area contributed by atoms with Crippen molar-refractivity contribution in [3.8, 4) is 0 Å². The van der Waals surface area contributed by atoms with Gasteiger partial charge >= 0.3 is 5.97 Å². The number of nitrogens with two attached hydrogens (primary N) is 1. The summed E-state index contributed by atoms with van der Waals surface area (Å²) in [6.07, 6.45) is 0.150. The van der Waals surface area contributed by atoms with Crippen molar-refractivity contribution in [2.45, 2.75) is 18.9 Å². The van der Waals surface area contributed by atoms with Crippen molar-refractivity contribution in [1.82, 2.24) is 0 Å². The van der Waals surface area contributed by atoms with Crippen LogP contribution in [0.2, 0.25) is 0 Å². The van der Waals surface area contributed by atoms with Gasteiger partial charge in [-0.15, -0.1) is 0 Å². The zero-order chi connectivity index (χ0) is 9.56. The molecule has 0 radical (unpaired) electrons. The average molecular weight is 173 g/mol. The third-order valence-electron chi connectivity index (χ3n) is 1.33. The normalized spacial score (nSPS) is 12.1. The molecule has 0 amide bonds. The first-order chi connectivity index (χ1) is 5.57. The standard InChI is InChI=1S/C6H11N3O3/c7-5(6(11)12)2-1-4(10)3-9-8/h5,9H,1-3,7H2,(H,11,12)/t5-/m1/s1. The van der Waals surface area contributed by atoms with Gasteiger partial charge in [0.15, 0.2) is 12.3 Å². The van der Waals surface area contributed by atoms with E-state index >= 15 is 0 Å². The number of hydrogen-bond acceptors (Lipinski definition) is 3. The Morgan fingerprint density at radius 2 is 2.17 bits per heavy atom. The number of carbonyl (C=O) groups excluding carboxylic acids is 1. The predicted octanol–water partition coefficient (Wildman–Crippen LogP) is -2.15. The lowest BCUT2D eigenvalue weighted by atomic mass is 10.1. The first kappa shape index (κ1) is 10.7. The summed E-state index contributed by atoms with van der Waals surface area (Å²) in [6, 6.07) is -1.01. The highest BCUT2D eigenvalue weighted by molar-refractivity contribution is 5.80. The van der Waals surface area contributed by atoms with Gasteiger partial charge in [-0.2, -0.15) is 0 Å². The minimum atomic E-state index is -1.13. The number of carboxylic acids is 1. The molecule has 6 heteroatoms. The lowest BCUT2D eigenvalue weighted by Crippen LogP contribution is -2.65. The van der Waals surface area contributed by atoms with Crippen LogP contribution in [0, 0.1) is 0 Å². The molecule has 0 saturated heterocycles. The molecule has 0 heterocycles. The van der Waals surface area contributed by atoms with E-state index in [1.807, 2.05) is 0 Å². The number of carboxylic acid groups (broad SMARTS) is 1. The maximum Gasteiger partial charge on any atom is 0.320 e. The highest BCUT2D eigenvalue weighted by atomic mass is 16.4. The van der Waals surface area contributed by atoms with E-state index in [1.54, 1.807) is 5.11 Å². The van der Waals surface area contributed by atoms with Crippen LogP contribution in [0.25, 0.3) is 5.53 Å². The van der Waals surface area contributed by atoms with E-state index in [0.29, 0.717) is 0 Å². The minimum Gasteiger partial charge on any atom is -0.508 e. The smallest absolute Gasteiger partial charge is 0.320 e. The highest BCUT2D eigenvalue weighted by Crippen LogP contribution is 1.94. The molecule has 0 aromatic rings. The molecular formula is C6H11N3O3. The Morgan fingerprint density at radius 3 is 2.58 bits per heavy atom. The monoisotopic (exact) mass is 173 g/mol. The topological polar surface area (TPSA) is 117 Å². The second-order valence-electron chi connectivity index (χ2n) is 2.36. The summed E-state index contributed by atoms with van der Waals surface area (Å²) in [5.41, 5.74) is 13.2. The van der Waals surface area contributed by atoms with Crippen molar-refractivity contribution in [3.05, 3.63) is 5.53 Å². The number of hydrogen-bond donors (Lipinski definition) is 3. The first-order valence-corrected chi connectivity index (χ1v) is 3.45. The van der Waals surface area contributed by atoms with Gasteiger partial charge in [0.2, 0.25) is 0 Å². The molecule has 0 spiro atoms. The largest absolute Gasteiger partial charge is 0.508 e. The number of carbonyl (C=O) groups is 2. The van der Waals surface area contributed by atoms with Crippen LogP contribution in [0.3, 0.4) is 0 Å². The molecule has 6 nitrogen and oxygen atoms in total. The van der Waals surface area contributed by atoms with E-state index in [0.717, 1.165) is 0 Å². The van der Waals surface area contributed by atoms with Gasteiger partial charge in [0.1, 0.15) is 6.04 Å². The molecule has 0 saturated carbocycles. The van der Waals surface area contributed by atoms with Crippen LogP contribution in [-0.4, -0.2) is 29.4 Å². The second-order valence-corrected chi connectivity index (χ2v) is 2.36. The van der Waals surface area contributed by atoms with Crippen LogP contribution < -0.4 is 10.8 Å². The molecule has 0 aliphatic carbocycles. The molecular weight excluding hydrogens is 162 g/mol. The van der Waals surface area contributed by atoms with Gasteiger partial charge in [-0.1, -0.05) is 0 Å². The Morgan fingerprint density at radius 1 is 1.58 bits per heavy atom. The van der Waals surface area contributed by atoms with Gasteiger partial charge in [0.25, 0.3) is 0 Å². The summed E-state index contributed by atoms with van der Waals surface area (Å²) in [7, 11) is 0. The number of nitrogens with zero attached hydrogens (tertiary/aromatic N) is 1. The maximum atomic E-state index is 10.7. The summed E-state index contributed by atoms with van der Waals surface area (Å²) < 4.78 is 0. The molecule has 0 aromatic carbocycles. The number of Topliss-reactive ketones (excluding diaryl/α,β-unsaturated/α-hetero) is 1. The number of aliphatic carboxylic acids is 1. The van der Waals surface area contributed by atoms with Crippen molar-refractivity contribution in [2.75, 3.05) is 6.54 Å². The molecule has 1 atom stereocenters. The number of ketones is 1. The molecule has 0 fully saturated rings. The van der Waals surface area contributed by atoms with E-state index in [-0.39, 0.29) is 25.2 Å². The van der Waals surface area contributed by atoms with Crippen molar-refractivity contribution < 1.29 is 19.8 Å². The lowest BCUT2D eigenvalue weighted by molar-refractivity contribution is -0.467. The first-order valence-electron chi connectivity index (χ1n) is 3.45.